The van der Waals surface area contributed by atoms with E-state index in [9.17, 15) is 4.39 Å². The summed E-state index contributed by atoms with van der Waals surface area (Å²) in [7, 11) is 1.69. The lowest BCUT2D eigenvalue weighted by Gasteiger charge is -2.02. The summed E-state index contributed by atoms with van der Waals surface area (Å²) >= 11 is 5.61. The predicted octanol–water partition coefficient (Wildman–Crippen LogP) is 1.37. The molecule has 0 fully saturated rings. The van der Waals surface area contributed by atoms with Crippen LogP contribution in [0.4, 0.5) is 4.39 Å². The monoisotopic (exact) mass is 227 g/mol. The molecule has 5 nitrogen and oxygen atoms in total. The molecule has 0 aliphatic carbocycles. The summed E-state index contributed by atoms with van der Waals surface area (Å²) in [5.74, 6) is -0.290. The van der Waals surface area contributed by atoms with Gasteiger partial charge in [-0.1, -0.05) is 16.8 Å². The minimum atomic E-state index is -0.601. The molecule has 2 aromatic rings. The zero-order chi connectivity index (χ0) is 11.0. The molecular formula is C8H7ClFN5. The maximum Gasteiger partial charge on any atom is 0.181 e. The van der Waals surface area contributed by atoms with E-state index >= 15 is 0 Å². The van der Waals surface area contributed by atoms with Gasteiger partial charge < -0.3 is 0 Å². The Hall–Kier alpha value is -1.56. The number of rotatable bonds is 1. The minimum Gasteiger partial charge on any atom is -0.245 e. The first kappa shape index (κ1) is 9.97. The predicted molar refractivity (Wildman–Crippen MR) is 51.7 cm³/mol. The highest BCUT2D eigenvalue weighted by atomic mass is 35.5. The fourth-order valence-electron chi connectivity index (χ4n) is 1.13. The number of hydrogen-bond donors (Lipinski definition) is 0. The lowest BCUT2D eigenvalue weighted by Crippen LogP contribution is -2.01. The van der Waals surface area contributed by atoms with Gasteiger partial charge in [-0.25, -0.2) is 19.0 Å². The Balaban J connectivity index is 2.60. The zero-order valence-electron chi connectivity index (χ0n) is 8.07. The first-order chi connectivity index (χ1) is 7.09. The van der Waals surface area contributed by atoms with E-state index in [1.807, 2.05) is 0 Å². The van der Waals surface area contributed by atoms with Gasteiger partial charge in [-0.05, 0) is 6.92 Å². The molecule has 0 atom stereocenters. The molecule has 0 radical (unpaired) electrons. The third-order valence-corrected chi connectivity index (χ3v) is 2.17. The maximum absolute atomic E-state index is 13.2. The molecule has 0 unspecified atom stereocenters. The van der Waals surface area contributed by atoms with Gasteiger partial charge in [-0.2, -0.15) is 0 Å². The van der Waals surface area contributed by atoms with E-state index in [0.29, 0.717) is 11.5 Å². The number of aryl methyl sites for hydroxylation is 2. The van der Waals surface area contributed by atoms with E-state index in [1.165, 1.54) is 17.8 Å². The Kier molecular flexibility index (Phi) is 2.36. The Labute approximate surface area is 89.9 Å². The van der Waals surface area contributed by atoms with Crippen LogP contribution in [0.1, 0.15) is 5.69 Å². The zero-order valence-corrected chi connectivity index (χ0v) is 8.83. The minimum absolute atomic E-state index is 0.196. The topological polar surface area (TPSA) is 56.5 Å². The second-order valence-corrected chi connectivity index (χ2v) is 3.34. The highest BCUT2D eigenvalue weighted by molar-refractivity contribution is 6.29. The lowest BCUT2D eigenvalue weighted by molar-refractivity contribution is 0.602. The summed E-state index contributed by atoms with van der Waals surface area (Å²) < 4.78 is 14.6. The van der Waals surface area contributed by atoms with Crippen LogP contribution >= 0.6 is 11.6 Å². The fraction of sp³-hybridized carbons (Fsp3) is 0.250. The maximum atomic E-state index is 13.2. The lowest BCUT2D eigenvalue weighted by atomic mass is 10.3. The van der Waals surface area contributed by atoms with Crippen LogP contribution in [0.2, 0.25) is 5.15 Å². The number of halogens is 2. The number of aromatic nitrogens is 5. The molecule has 0 amide bonds. The first-order valence-electron chi connectivity index (χ1n) is 4.14. The molecule has 78 valence electrons. The van der Waals surface area contributed by atoms with Crippen LogP contribution in [0.5, 0.6) is 0 Å². The normalized spacial score (nSPS) is 10.7. The van der Waals surface area contributed by atoms with Crippen LogP contribution in [-0.2, 0) is 7.05 Å². The molecule has 2 rings (SSSR count). The Morgan fingerprint density at radius 3 is 2.67 bits per heavy atom. The average Bonchev–Trinajstić information content (AvgIpc) is 2.60. The second kappa shape index (κ2) is 3.54. The molecule has 0 spiro atoms. The van der Waals surface area contributed by atoms with Gasteiger partial charge in [0, 0.05) is 7.05 Å². The third-order valence-electron chi connectivity index (χ3n) is 1.92. The molecule has 2 aromatic heterocycles. The van der Waals surface area contributed by atoms with Crippen LogP contribution in [-0.4, -0.2) is 25.0 Å². The van der Waals surface area contributed by atoms with E-state index < -0.39 is 5.82 Å². The van der Waals surface area contributed by atoms with Crippen molar-refractivity contribution in [3.05, 3.63) is 22.9 Å². The Morgan fingerprint density at radius 2 is 2.13 bits per heavy atom. The van der Waals surface area contributed by atoms with Gasteiger partial charge in [0.1, 0.15) is 5.69 Å². The van der Waals surface area contributed by atoms with Crippen molar-refractivity contribution in [3.63, 3.8) is 0 Å². The van der Waals surface area contributed by atoms with E-state index in [4.69, 9.17) is 11.6 Å². The molecule has 15 heavy (non-hydrogen) atoms. The molecule has 0 aliphatic rings. The molecule has 0 aromatic carbocycles. The molecule has 0 saturated heterocycles. The Morgan fingerprint density at radius 1 is 1.40 bits per heavy atom. The third kappa shape index (κ3) is 1.68. The summed E-state index contributed by atoms with van der Waals surface area (Å²) in [6, 6.07) is 0. The highest BCUT2D eigenvalue weighted by Gasteiger charge is 2.13. The summed E-state index contributed by atoms with van der Waals surface area (Å²) in [5.41, 5.74) is 0.784. The van der Waals surface area contributed by atoms with Gasteiger partial charge in [0.15, 0.2) is 16.8 Å². The van der Waals surface area contributed by atoms with Gasteiger partial charge in [0.2, 0.25) is 0 Å². The van der Waals surface area contributed by atoms with Gasteiger partial charge in [-0.15, -0.1) is 5.10 Å². The second-order valence-electron chi connectivity index (χ2n) is 2.98. The largest absolute Gasteiger partial charge is 0.245 e. The molecule has 2 heterocycles. The highest BCUT2D eigenvalue weighted by Crippen LogP contribution is 2.19. The smallest absolute Gasteiger partial charge is 0.181 e. The quantitative estimate of drug-likeness (QED) is 0.691. The molecule has 0 N–H and O–H groups in total. The van der Waals surface area contributed by atoms with Crippen molar-refractivity contribution in [2.75, 3.05) is 0 Å². The van der Waals surface area contributed by atoms with Gasteiger partial charge >= 0.3 is 0 Å². The van der Waals surface area contributed by atoms with E-state index in [-0.39, 0.29) is 10.8 Å². The molecular weight excluding hydrogens is 221 g/mol. The van der Waals surface area contributed by atoms with Crippen molar-refractivity contribution >= 4 is 11.6 Å². The van der Waals surface area contributed by atoms with Gasteiger partial charge in [0.25, 0.3) is 0 Å². The summed E-state index contributed by atoms with van der Waals surface area (Å²) in [5, 5.41) is 7.20. The van der Waals surface area contributed by atoms with E-state index in [2.05, 4.69) is 20.3 Å². The van der Waals surface area contributed by atoms with Crippen LogP contribution < -0.4 is 0 Å². The first-order valence-corrected chi connectivity index (χ1v) is 4.52. The summed E-state index contributed by atoms with van der Waals surface area (Å²) in [4.78, 5) is 7.78. The molecule has 0 aliphatic heterocycles. The van der Waals surface area contributed by atoms with Crippen LogP contribution in [0.15, 0.2) is 6.20 Å². The number of nitrogens with zero attached hydrogens (tertiary/aromatic N) is 5. The van der Waals surface area contributed by atoms with Crippen molar-refractivity contribution < 1.29 is 4.39 Å². The van der Waals surface area contributed by atoms with Crippen molar-refractivity contribution in [1.29, 1.82) is 0 Å². The van der Waals surface area contributed by atoms with Crippen molar-refractivity contribution in [2.24, 2.45) is 7.05 Å². The van der Waals surface area contributed by atoms with Crippen molar-refractivity contribution in [1.82, 2.24) is 25.0 Å². The molecule has 7 heteroatoms. The molecule has 0 saturated carbocycles. The fourth-order valence-corrected chi connectivity index (χ4v) is 1.35. The van der Waals surface area contributed by atoms with Crippen LogP contribution in [0, 0.1) is 12.7 Å². The summed E-state index contributed by atoms with van der Waals surface area (Å²) in [6.07, 6.45) is 1.49. The van der Waals surface area contributed by atoms with Crippen molar-refractivity contribution in [2.45, 2.75) is 6.92 Å². The van der Waals surface area contributed by atoms with Crippen LogP contribution in [0.25, 0.3) is 11.5 Å². The van der Waals surface area contributed by atoms with Crippen molar-refractivity contribution in [3.8, 4) is 11.5 Å². The van der Waals surface area contributed by atoms with E-state index in [1.54, 1.807) is 7.05 Å². The van der Waals surface area contributed by atoms with E-state index in [0.717, 1.165) is 0 Å². The Bertz CT molecular complexity index is 486. The van der Waals surface area contributed by atoms with Gasteiger partial charge in [-0.3, -0.25) is 0 Å². The molecule has 0 bridgehead atoms. The number of hydrogen-bond acceptors (Lipinski definition) is 4. The van der Waals surface area contributed by atoms with Crippen LogP contribution in [0.3, 0.4) is 0 Å². The summed E-state index contributed by atoms with van der Waals surface area (Å²) in [6.45, 7) is 1.52. The standard InChI is InChI=1S/C8H7ClFN5/c1-4-6(10)7(9)13-8(12-4)5-3-11-14-15(5)2/h3H,1-2H3. The SMILES string of the molecule is Cc1nc(-c2cnnn2C)nc(Cl)c1F. The van der Waals surface area contributed by atoms with Gasteiger partial charge in [0.05, 0.1) is 11.9 Å². The average molecular weight is 228 g/mol.